The predicted molar refractivity (Wildman–Crippen MR) is 180 cm³/mol. The molecule has 0 heterocycles. The third kappa shape index (κ3) is 5.36. The van der Waals surface area contributed by atoms with Gasteiger partial charge in [0.15, 0.2) is 0 Å². The third-order valence-corrected chi connectivity index (χ3v) is 12.8. The number of ether oxygens (including phenoxy) is 1. The van der Waals surface area contributed by atoms with Crippen LogP contribution < -0.4 is 10.6 Å². The quantitative estimate of drug-likeness (QED) is 0.296. The molecule has 3 amide bonds. The Morgan fingerprint density at radius 3 is 1.87 bits per heavy atom. The molecule has 6 rings (SSSR count). The fraction of sp³-hybridized carbons (Fsp3) is 0.615. The number of hydrogen-bond acceptors (Lipinski definition) is 5. The summed E-state index contributed by atoms with van der Waals surface area (Å²) in [7, 11) is 0. The molecule has 0 spiro atoms. The van der Waals surface area contributed by atoms with Gasteiger partial charge in [0, 0.05) is 5.69 Å². The normalized spacial score (nSPS) is 33.2. The highest BCUT2D eigenvalue weighted by Crippen LogP contribution is 2.59. The van der Waals surface area contributed by atoms with Crippen LogP contribution in [0.15, 0.2) is 36.4 Å². The van der Waals surface area contributed by atoms with Gasteiger partial charge in [0.05, 0.1) is 16.9 Å². The van der Waals surface area contributed by atoms with E-state index in [0.717, 1.165) is 75.5 Å². The molecule has 0 aromatic heterocycles. The highest BCUT2D eigenvalue weighted by atomic mass is 16.5. The van der Waals surface area contributed by atoms with Crippen molar-refractivity contribution in [1.29, 1.82) is 0 Å². The van der Waals surface area contributed by atoms with E-state index >= 15 is 0 Å². The summed E-state index contributed by atoms with van der Waals surface area (Å²) < 4.78 is 5.49. The Morgan fingerprint density at radius 1 is 0.804 bits per heavy atom. The van der Waals surface area contributed by atoms with Crippen LogP contribution in [0.2, 0.25) is 0 Å². The van der Waals surface area contributed by atoms with Crippen LogP contribution in [-0.4, -0.2) is 35.5 Å². The standard InChI is InChI=1S/C39H52N2O5/c1-24(2)46-23-33(43)40-27-13-9-25-11-15-31-36(3,29(25)21-27)17-7-19-38(31,5)34(44)41-35(45)39(6)20-8-18-37(4)30-22-28(42)14-10-26(30)12-16-32(37)39/h9-10,13-14,21-22,24,31-32,42H,7-8,11-12,15-20,23H2,1-6H3,(H,40,43)(H,41,44,45)/t31-,32-,36-,37-,38+,39+/m1/s1. The van der Waals surface area contributed by atoms with Crippen LogP contribution in [0.5, 0.6) is 5.75 Å². The average Bonchev–Trinajstić information content (AvgIpc) is 3.00. The molecule has 6 atom stereocenters. The molecular weight excluding hydrogens is 576 g/mol. The van der Waals surface area contributed by atoms with Gasteiger partial charge in [0.25, 0.3) is 0 Å². The van der Waals surface area contributed by atoms with Gasteiger partial charge in [-0.05, 0) is 134 Å². The van der Waals surface area contributed by atoms with Gasteiger partial charge in [-0.2, -0.15) is 0 Å². The molecule has 2 aromatic rings. The third-order valence-electron chi connectivity index (χ3n) is 12.8. The molecule has 46 heavy (non-hydrogen) atoms. The van der Waals surface area contributed by atoms with Crippen LogP contribution in [0.1, 0.15) is 115 Å². The van der Waals surface area contributed by atoms with Gasteiger partial charge in [-0.25, -0.2) is 0 Å². The van der Waals surface area contributed by atoms with Crippen molar-refractivity contribution in [2.75, 3.05) is 11.9 Å². The lowest BCUT2D eigenvalue weighted by Crippen LogP contribution is -2.60. The van der Waals surface area contributed by atoms with Crippen molar-refractivity contribution in [2.45, 2.75) is 123 Å². The Kier molecular flexibility index (Phi) is 8.40. The molecule has 2 saturated carbocycles. The van der Waals surface area contributed by atoms with Gasteiger partial charge >= 0.3 is 0 Å². The van der Waals surface area contributed by atoms with Crippen molar-refractivity contribution >= 4 is 23.4 Å². The van der Waals surface area contributed by atoms with E-state index in [1.54, 1.807) is 6.07 Å². The number of fused-ring (bicyclic) bond motifs is 6. The van der Waals surface area contributed by atoms with E-state index in [4.69, 9.17) is 4.74 Å². The molecule has 4 aliphatic rings. The molecule has 0 unspecified atom stereocenters. The number of aryl methyl sites for hydroxylation is 2. The van der Waals surface area contributed by atoms with Crippen LogP contribution in [0, 0.1) is 22.7 Å². The summed E-state index contributed by atoms with van der Waals surface area (Å²) in [6.45, 7) is 12.5. The Labute approximate surface area is 274 Å². The average molecular weight is 629 g/mol. The maximum Gasteiger partial charge on any atom is 0.250 e. The minimum Gasteiger partial charge on any atom is -0.508 e. The Balaban J connectivity index is 1.23. The van der Waals surface area contributed by atoms with Crippen LogP contribution in [0.25, 0.3) is 0 Å². The second-order valence-electron chi connectivity index (χ2n) is 16.0. The first-order valence-electron chi connectivity index (χ1n) is 17.4. The van der Waals surface area contributed by atoms with Crippen LogP contribution in [0.3, 0.4) is 0 Å². The zero-order chi connectivity index (χ0) is 33.1. The largest absolute Gasteiger partial charge is 0.508 e. The molecule has 0 bridgehead atoms. The van der Waals surface area contributed by atoms with Crippen molar-refractivity contribution in [3.8, 4) is 5.75 Å². The molecule has 3 N–H and O–H groups in total. The number of phenolic OH excluding ortho intramolecular Hbond substituents is 1. The number of carbonyl (C=O) groups excluding carboxylic acids is 3. The Hall–Kier alpha value is -3.19. The summed E-state index contributed by atoms with van der Waals surface area (Å²) >= 11 is 0. The fourth-order valence-corrected chi connectivity index (χ4v) is 10.4. The Bertz CT molecular complexity index is 1550. The molecule has 248 valence electrons. The lowest BCUT2D eigenvalue weighted by Gasteiger charge is -2.56. The first kappa shape index (κ1) is 32.7. The molecule has 0 aliphatic heterocycles. The number of aromatic hydroxyl groups is 1. The Morgan fingerprint density at radius 2 is 1.33 bits per heavy atom. The van der Waals surface area contributed by atoms with Gasteiger partial charge in [0.1, 0.15) is 12.4 Å². The summed E-state index contributed by atoms with van der Waals surface area (Å²) in [5, 5.41) is 16.4. The van der Waals surface area contributed by atoms with Crippen molar-refractivity contribution in [1.82, 2.24) is 5.32 Å². The molecule has 7 nitrogen and oxygen atoms in total. The zero-order valence-electron chi connectivity index (χ0n) is 28.6. The molecule has 2 aromatic carbocycles. The van der Waals surface area contributed by atoms with Gasteiger partial charge in [-0.1, -0.05) is 52.7 Å². The smallest absolute Gasteiger partial charge is 0.250 e. The molecule has 0 saturated heterocycles. The molecule has 2 fully saturated rings. The van der Waals surface area contributed by atoms with Crippen LogP contribution >= 0.6 is 0 Å². The van der Waals surface area contributed by atoms with E-state index in [0.29, 0.717) is 0 Å². The first-order chi connectivity index (χ1) is 21.7. The van der Waals surface area contributed by atoms with E-state index in [9.17, 15) is 19.5 Å². The van der Waals surface area contributed by atoms with Crippen molar-refractivity contribution in [3.05, 3.63) is 58.7 Å². The van der Waals surface area contributed by atoms with E-state index in [2.05, 4.69) is 50.5 Å². The van der Waals surface area contributed by atoms with E-state index < -0.39 is 10.8 Å². The van der Waals surface area contributed by atoms with Crippen molar-refractivity contribution in [2.24, 2.45) is 22.7 Å². The number of nitrogens with one attached hydrogen (secondary N) is 2. The number of anilines is 1. The second-order valence-corrected chi connectivity index (χ2v) is 16.0. The SMILES string of the molecule is CC(C)OCC(=O)Nc1ccc2c(c1)[C@@]1(C)CCC[C@](C)(C(=O)NC(=O)[C@@]3(C)CCC[C@]4(C)c5cc(O)ccc5CC[C@@H]34)[C@@H]1CC2. The van der Waals surface area contributed by atoms with E-state index in [1.807, 2.05) is 32.0 Å². The summed E-state index contributed by atoms with van der Waals surface area (Å²) in [6, 6.07) is 11.9. The van der Waals surface area contributed by atoms with Crippen LogP contribution in [0.4, 0.5) is 5.69 Å². The minimum absolute atomic E-state index is 0.00876. The maximum absolute atomic E-state index is 14.4. The number of benzene rings is 2. The van der Waals surface area contributed by atoms with E-state index in [-0.39, 0.29) is 58.8 Å². The van der Waals surface area contributed by atoms with Gasteiger partial charge < -0.3 is 15.2 Å². The van der Waals surface area contributed by atoms with Crippen molar-refractivity contribution < 1.29 is 24.2 Å². The number of phenols is 1. The highest BCUT2D eigenvalue weighted by molar-refractivity contribution is 6.01. The number of rotatable bonds is 6. The summed E-state index contributed by atoms with van der Waals surface area (Å²) in [5.74, 6) is -0.0443. The first-order valence-corrected chi connectivity index (χ1v) is 17.4. The highest BCUT2D eigenvalue weighted by Gasteiger charge is 2.58. The van der Waals surface area contributed by atoms with Gasteiger partial charge in [0.2, 0.25) is 17.7 Å². The lowest BCUT2D eigenvalue weighted by molar-refractivity contribution is -0.150. The van der Waals surface area contributed by atoms with Gasteiger partial charge in [-0.3, -0.25) is 19.7 Å². The summed E-state index contributed by atoms with van der Waals surface area (Å²) in [6.07, 6.45) is 8.70. The summed E-state index contributed by atoms with van der Waals surface area (Å²) in [5.41, 5.74) is 3.80. The molecule has 7 heteroatoms. The zero-order valence-corrected chi connectivity index (χ0v) is 28.6. The molecule has 4 aliphatic carbocycles. The van der Waals surface area contributed by atoms with E-state index in [1.165, 1.54) is 16.7 Å². The topological polar surface area (TPSA) is 105 Å². The monoisotopic (exact) mass is 628 g/mol. The number of hydrogen-bond donors (Lipinski definition) is 3. The van der Waals surface area contributed by atoms with Crippen molar-refractivity contribution in [3.63, 3.8) is 0 Å². The fourth-order valence-electron chi connectivity index (χ4n) is 10.4. The predicted octanol–water partition coefficient (Wildman–Crippen LogP) is 7.12. The number of imide groups is 1. The molecular formula is C39H52N2O5. The minimum atomic E-state index is -0.690. The molecule has 0 radical (unpaired) electrons. The number of carbonyl (C=O) groups is 3. The van der Waals surface area contributed by atoms with Crippen LogP contribution in [-0.2, 0) is 42.8 Å². The van der Waals surface area contributed by atoms with Gasteiger partial charge in [-0.15, -0.1) is 0 Å². The number of amides is 3. The second kappa shape index (κ2) is 11.8. The summed E-state index contributed by atoms with van der Waals surface area (Å²) in [4.78, 5) is 41.3. The maximum atomic E-state index is 14.4. The lowest BCUT2D eigenvalue weighted by atomic mass is 9.49.